The third-order valence-electron chi connectivity index (χ3n) is 4.47. The molecule has 1 heterocycles. The Bertz CT molecular complexity index is 465. The molecule has 0 radical (unpaired) electrons. The Morgan fingerprint density at radius 3 is 2.57 bits per heavy atom. The predicted molar refractivity (Wildman–Crippen MR) is 84.8 cm³/mol. The molecule has 2 fully saturated rings. The van der Waals surface area contributed by atoms with Gasteiger partial charge in [-0.2, -0.15) is 4.98 Å². The average Bonchev–Trinajstić information content (AvgIpc) is 3.32. The van der Waals surface area contributed by atoms with Gasteiger partial charge in [-0.25, -0.2) is 4.98 Å². The maximum absolute atomic E-state index is 6.15. The summed E-state index contributed by atoms with van der Waals surface area (Å²) in [6.45, 7) is 5.44. The highest BCUT2D eigenvalue weighted by atomic mass is 16.5. The second-order valence-electron chi connectivity index (χ2n) is 6.65. The van der Waals surface area contributed by atoms with Gasteiger partial charge in [-0.3, -0.25) is 0 Å². The molecule has 0 aromatic carbocycles. The zero-order valence-corrected chi connectivity index (χ0v) is 13.3. The van der Waals surface area contributed by atoms with E-state index >= 15 is 0 Å². The molecule has 21 heavy (non-hydrogen) atoms. The number of nitrogens with zero attached hydrogens (tertiary/aromatic N) is 2. The SMILES string of the molecule is CCCNc1cc(OC2CCC(C)CC2)nc(C2CC2)n1. The molecule has 4 nitrogen and oxygen atoms in total. The van der Waals surface area contributed by atoms with Crippen LogP contribution in [-0.4, -0.2) is 22.6 Å². The Balaban J connectivity index is 1.69. The van der Waals surface area contributed by atoms with E-state index in [1.54, 1.807) is 0 Å². The lowest BCUT2D eigenvalue weighted by atomic mass is 9.89. The van der Waals surface area contributed by atoms with Gasteiger partial charge in [-0.1, -0.05) is 13.8 Å². The first-order valence-electron chi connectivity index (χ1n) is 8.54. The topological polar surface area (TPSA) is 47.0 Å². The molecule has 4 heteroatoms. The van der Waals surface area contributed by atoms with Crippen LogP contribution in [0.15, 0.2) is 6.07 Å². The molecular formula is C17H27N3O. The van der Waals surface area contributed by atoms with Crippen molar-refractivity contribution in [1.82, 2.24) is 9.97 Å². The van der Waals surface area contributed by atoms with Gasteiger partial charge in [0.05, 0.1) is 0 Å². The van der Waals surface area contributed by atoms with Crippen molar-refractivity contribution in [3.63, 3.8) is 0 Å². The smallest absolute Gasteiger partial charge is 0.219 e. The van der Waals surface area contributed by atoms with Crippen molar-refractivity contribution in [3.05, 3.63) is 11.9 Å². The third kappa shape index (κ3) is 4.08. The summed E-state index contributed by atoms with van der Waals surface area (Å²) < 4.78 is 6.15. The molecule has 0 spiro atoms. The van der Waals surface area contributed by atoms with Crippen LogP contribution in [0.4, 0.5) is 5.82 Å². The quantitative estimate of drug-likeness (QED) is 0.855. The maximum atomic E-state index is 6.15. The standard InChI is InChI=1S/C17H27N3O/c1-3-10-18-15-11-16(20-17(19-15)13-6-7-13)21-14-8-4-12(2)5-9-14/h11-14H,3-10H2,1-2H3,(H,18,19,20). The summed E-state index contributed by atoms with van der Waals surface area (Å²) in [4.78, 5) is 9.28. The van der Waals surface area contributed by atoms with Gasteiger partial charge in [-0.15, -0.1) is 0 Å². The fraction of sp³-hybridized carbons (Fsp3) is 0.765. The number of rotatable bonds is 6. The lowest BCUT2D eigenvalue weighted by molar-refractivity contribution is 0.129. The molecule has 1 aromatic heterocycles. The minimum Gasteiger partial charge on any atom is -0.474 e. The number of anilines is 1. The summed E-state index contributed by atoms with van der Waals surface area (Å²) in [5.74, 6) is 4.06. The molecule has 2 aliphatic rings. The second-order valence-corrected chi connectivity index (χ2v) is 6.65. The van der Waals surface area contributed by atoms with Crippen LogP contribution in [0.2, 0.25) is 0 Å². The van der Waals surface area contributed by atoms with Crippen LogP contribution >= 0.6 is 0 Å². The minimum absolute atomic E-state index is 0.335. The molecule has 2 aliphatic carbocycles. The van der Waals surface area contributed by atoms with Crippen molar-refractivity contribution in [2.45, 2.75) is 70.8 Å². The Kier molecular flexibility index (Phi) is 4.61. The van der Waals surface area contributed by atoms with E-state index in [-0.39, 0.29) is 0 Å². The van der Waals surface area contributed by atoms with E-state index in [1.165, 1.54) is 25.7 Å². The van der Waals surface area contributed by atoms with Crippen LogP contribution in [0, 0.1) is 5.92 Å². The first kappa shape index (κ1) is 14.6. The lowest BCUT2D eigenvalue weighted by Gasteiger charge is -2.26. The molecule has 116 valence electrons. The van der Waals surface area contributed by atoms with E-state index in [1.807, 2.05) is 6.07 Å². The van der Waals surface area contributed by atoms with Gasteiger partial charge in [0.15, 0.2) is 0 Å². The number of hydrogen-bond acceptors (Lipinski definition) is 4. The van der Waals surface area contributed by atoms with Gasteiger partial charge in [0.25, 0.3) is 0 Å². The summed E-state index contributed by atoms with van der Waals surface area (Å²) >= 11 is 0. The largest absolute Gasteiger partial charge is 0.474 e. The predicted octanol–water partition coefficient (Wildman–Crippen LogP) is 4.13. The van der Waals surface area contributed by atoms with E-state index in [9.17, 15) is 0 Å². The molecule has 0 unspecified atom stereocenters. The summed E-state index contributed by atoms with van der Waals surface area (Å²) in [6.07, 6.45) is 8.72. The molecule has 1 aromatic rings. The summed E-state index contributed by atoms with van der Waals surface area (Å²) in [7, 11) is 0. The highest BCUT2D eigenvalue weighted by Gasteiger charge is 2.28. The zero-order chi connectivity index (χ0) is 14.7. The van der Waals surface area contributed by atoms with Crippen molar-refractivity contribution in [2.24, 2.45) is 5.92 Å². The normalized spacial score (nSPS) is 25.6. The van der Waals surface area contributed by atoms with E-state index in [0.717, 1.165) is 49.2 Å². The van der Waals surface area contributed by atoms with Crippen molar-refractivity contribution >= 4 is 5.82 Å². The molecule has 1 N–H and O–H groups in total. The molecule has 0 atom stereocenters. The maximum Gasteiger partial charge on any atom is 0.219 e. The Hall–Kier alpha value is -1.32. The fourth-order valence-electron chi connectivity index (χ4n) is 2.89. The Labute approximate surface area is 127 Å². The molecule has 0 amide bonds. The Morgan fingerprint density at radius 2 is 1.90 bits per heavy atom. The van der Waals surface area contributed by atoms with Crippen LogP contribution in [0.3, 0.4) is 0 Å². The van der Waals surface area contributed by atoms with Crippen molar-refractivity contribution in [2.75, 3.05) is 11.9 Å². The van der Waals surface area contributed by atoms with Gasteiger partial charge in [0, 0.05) is 18.5 Å². The number of aromatic nitrogens is 2. The van der Waals surface area contributed by atoms with Crippen LogP contribution in [0.25, 0.3) is 0 Å². The summed E-state index contributed by atoms with van der Waals surface area (Å²) in [6, 6.07) is 1.97. The second kappa shape index (κ2) is 6.63. The minimum atomic E-state index is 0.335. The van der Waals surface area contributed by atoms with E-state index in [0.29, 0.717) is 12.0 Å². The molecule has 2 saturated carbocycles. The molecule has 0 aliphatic heterocycles. The van der Waals surface area contributed by atoms with Gasteiger partial charge in [0.1, 0.15) is 17.7 Å². The highest BCUT2D eigenvalue weighted by Crippen LogP contribution is 2.39. The van der Waals surface area contributed by atoms with Gasteiger partial charge >= 0.3 is 0 Å². The van der Waals surface area contributed by atoms with E-state index < -0.39 is 0 Å². The monoisotopic (exact) mass is 289 g/mol. The van der Waals surface area contributed by atoms with Gasteiger partial charge in [-0.05, 0) is 50.9 Å². The highest BCUT2D eigenvalue weighted by molar-refractivity contribution is 5.39. The third-order valence-corrected chi connectivity index (χ3v) is 4.47. The molecule has 0 saturated heterocycles. The fourth-order valence-corrected chi connectivity index (χ4v) is 2.89. The van der Waals surface area contributed by atoms with Crippen molar-refractivity contribution < 1.29 is 4.74 Å². The van der Waals surface area contributed by atoms with Crippen molar-refractivity contribution in [1.29, 1.82) is 0 Å². The van der Waals surface area contributed by atoms with Crippen LogP contribution in [0.1, 0.15) is 70.5 Å². The first-order valence-corrected chi connectivity index (χ1v) is 8.54. The summed E-state index contributed by atoms with van der Waals surface area (Å²) in [5.41, 5.74) is 0. The first-order chi connectivity index (χ1) is 10.2. The summed E-state index contributed by atoms with van der Waals surface area (Å²) in [5, 5.41) is 3.37. The number of ether oxygens (including phenoxy) is 1. The van der Waals surface area contributed by atoms with Gasteiger partial charge < -0.3 is 10.1 Å². The number of hydrogen-bond donors (Lipinski definition) is 1. The lowest BCUT2D eigenvalue weighted by Crippen LogP contribution is -2.23. The molecule has 0 bridgehead atoms. The zero-order valence-electron chi connectivity index (χ0n) is 13.3. The van der Waals surface area contributed by atoms with Crippen molar-refractivity contribution in [3.8, 4) is 5.88 Å². The van der Waals surface area contributed by atoms with E-state index in [2.05, 4.69) is 29.1 Å². The van der Waals surface area contributed by atoms with E-state index in [4.69, 9.17) is 4.74 Å². The Morgan fingerprint density at radius 1 is 1.14 bits per heavy atom. The van der Waals surface area contributed by atoms with Crippen LogP contribution < -0.4 is 10.1 Å². The van der Waals surface area contributed by atoms with Gasteiger partial charge in [0.2, 0.25) is 5.88 Å². The molecule has 3 rings (SSSR count). The van der Waals surface area contributed by atoms with Crippen LogP contribution in [-0.2, 0) is 0 Å². The number of nitrogens with one attached hydrogen (secondary N) is 1. The molecular weight excluding hydrogens is 262 g/mol. The average molecular weight is 289 g/mol. The van der Waals surface area contributed by atoms with Crippen LogP contribution in [0.5, 0.6) is 5.88 Å².